The molecule has 2 nitrogen and oxygen atoms in total. The second-order valence-electron chi connectivity index (χ2n) is 3.69. The number of halogens is 2. The molecule has 82 valence electrons. The highest BCUT2D eigenvalue weighted by atomic mass is 79.9. The van der Waals surface area contributed by atoms with Crippen LogP contribution in [0, 0.1) is 0 Å². The maximum Gasteiger partial charge on any atom is 0.0511 e. The van der Waals surface area contributed by atoms with E-state index in [0.29, 0.717) is 0 Å². The number of hydrogen-bond donors (Lipinski definition) is 1. The topological polar surface area (TPSA) is 15.3 Å². The van der Waals surface area contributed by atoms with Crippen LogP contribution < -0.4 is 10.2 Å². The van der Waals surface area contributed by atoms with Crippen molar-refractivity contribution in [2.75, 3.05) is 31.1 Å². The molecule has 1 aromatic rings. The first-order valence-electron chi connectivity index (χ1n) is 5.18. The molecule has 1 aromatic carbocycles. The maximum atomic E-state index is 3.62. The Hall–Kier alpha value is -0.0600. The van der Waals surface area contributed by atoms with E-state index in [2.05, 4.69) is 60.3 Å². The van der Waals surface area contributed by atoms with E-state index in [4.69, 9.17) is 0 Å². The second kappa shape index (κ2) is 5.32. The first-order chi connectivity index (χ1) is 7.27. The summed E-state index contributed by atoms with van der Waals surface area (Å²) >= 11 is 7.09. The molecule has 1 heterocycles. The van der Waals surface area contributed by atoms with E-state index in [-0.39, 0.29) is 0 Å². The lowest BCUT2D eigenvalue weighted by Gasteiger charge is -2.23. The van der Waals surface area contributed by atoms with Gasteiger partial charge in [-0.25, -0.2) is 0 Å². The third-order valence-corrected chi connectivity index (χ3v) is 3.72. The van der Waals surface area contributed by atoms with E-state index in [9.17, 15) is 0 Å². The van der Waals surface area contributed by atoms with Gasteiger partial charge in [0.2, 0.25) is 0 Å². The molecule has 1 fully saturated rings. The molecule has 1 saturated heterocycles. The van der Waals surface area contributed by atoms with Gasteiger partial charge in [0.1, 0.15) is 0 Å². The zero-order valence-electron chi connectivity index (χ0n) is 8.47. The second-order valence-corrected chi connectivity index (χ2v) is 5.46. The van der Waals surface area contributed by atoms with Crippen molar-refractivity contribution in [3.8, 4) is 0 Å². The summed E-state index contributed by atoms with van der Waals surface area (Å²) in [7, 11) is 0. The Bertz CT molecular complexity index is 333. The van der Waals surface area contributed by atoms with E-state index >= 15 is 0 Å². The molecule has 1 N–H and O–H groups in total. The van der Waals surface area contributed by atoms with Crippen molar-refractivity contribution < 1.29 is 0 Å². The zero-order chi connectivity index (χ0) is 10.7. The number of nitrogens with one attached hydrogen (secondary N) is 1. The molecular formula is C11H14Br2N2. The molecule has 0 aromatic heterocycles. The lowest BCUT2D eigenvalue weighted by molar-refractivity contribution is 0.724. The van der Waals surface area contributed by atoms with Crippen LogP contribution in [0.15, 0.2) is 27.1 Å². The normalized spacial score (nSPS) is 17.6. The summed E-state index contributed by atoms with van der Waals surface area (Å²) in [6, 6.07) is 6.37. The number of rotatable bonds is 1. The summed E-state index contributed by atoms with van der Waals surface area (Å²) in [4.78, 5) is 2.43. The van der Waals surface area contributed by atoms with Crippen molar-refractivity contribution in [1.29, 1.82) is 0 Å². The molecule has 0 atom stereocenters. The van der Waals surface area contributed by atoms with Gasteiger partial charge in [0, 0.05) is 28.6 Å². The number of nitrogens with zero attached hydrogens (tertiary/aromatic N) is 1. The van der Waals surface area contributed by atoms with Crippen LogP contribution in [0.1, 0.15) is 6.42 Å². The van der Waals surface area contributed by atoms with Crippen LogP contribution in [0.5, 0.6) is 0 Å². The van der Waals surface area contributed by atoms with Crippen LogP contribution in [-0.4, -0.2) is 26.2 Å². The fourth-order valence-corrected chi connectivity index (χ4v) is 3.12. The van der Waals surface area contributed by atoms with Gasteiger partial charge in [-0.3, -0.25) is 0 Å². The van der Waals surface area contributed by atoms with Crippen molar-refractivity contribution in [3.05, 3.63) is 27.1 Å². The Morgan fingerprint density at radius 3 is 2.80 bits per heavy atom. The Kier molecular flexibility index (Phi) is 4.05. The van der Waals surface area contributed by atoms with Crippen molar-refractivity contribution in [2.24, 2.45) is 0 Å². The molecule has 0 amide bonds. The van der Waals surface area contributed by atoms with E-state index in [1.54, 1.807) is 0 Å². The van der Waals surface area contributed by atoms with Crippen molar-refractivity contribution in [3.63, 3.8) is 0 Å². The standard InChI is InChI=1S/C11H14Br2N2/c12-9-2-3-11(10(13)8-9)15-6-1-4-14-5-7-15/h2-3,8,14H,1,4-7H2. The Labute approximate surface area is 107 Å². The molecule has 4 heteroatoms. The number of hydrogen-bond acceptors (Lipinski definition) is 2. The summed E-state index contributed by atoms with van der Waals surface area (Å²) in [5.74, 6) is 0. The molecule has 0 aliphatic carbocycles. The Morgan fingerprint density at radius 2 is 2.00 bits per heavy atom. The maximum absolute atomic E-state index is 3.62. The smallest absolute Gasteiger partial charge is 0.0511 e. The van der Waals surface area contributed by atoms with Gasteiger partial charge in [-0.2, -0.15) is 0 Å². The van der Waals surface area contributed by atoms with Gasteiger partial charge in [0.15, 0.2) is 0 Å². The molecule has 0 bridgehead atoms. The van der Waals surface area contributed by atoms with Crippen LogP contribution in [0.25, 0.3) is 0 Å². The van der Waals surface area contributed by atoms with Crippen LogP contribution in [-0.2, 0) is 0 Å². The van der Waals surface area contributed by atoms with Crippen molar-refractivity contribution >= 4 is 37.5 Å². The van der Waals surface area contributed by atoms with E-state index in [0.717, 1.165) is 30.7 Å². The first kappa shape index (κ1) is 11.4. The molecule has 1 aliphatic heterocycles. The molecule has 15 heavy (non-hydrogen) atoms. The number of benzene rings is 1. The lowest BCUT2D eigenvalue weighted by Crippen LogP contribution is -2.28. The minimum absolute atomic E-state index is 1.07. The zero-order valence-corrected chi connectivity index (χ0v) is 11.6. The van der Waals surface area contributed by atoms with E-state index < -0.39 is 0 Å². The van der Waals surface area contributed by atoms with Crippen LogP contribution in [0.2, 0.25) is 0 Å². The van der Waals surface area contributed by atoms with Crippen LogP contribution in [0.4, 0.5) is 5.69 Å². The largest absolute Gasteiger partial charge is 0.369 e. The van der Waals surface area contributed by atoms with Gasteiger partial charge in [-0.05, 0) is 47.1 Å². The van der Waals surface area contributed by atoms with Gasteiger partial charge in [-0.1, -0.05) is 15.9 Å². The Morgan fingerprint density at radius 1 is 1.13 bits per heavy atom. The minimum Gasteiger partial charge on any atom is -0.369 e. The molecule has 0 spiro atoms. The average Bonchev–Trinajstić information content (AvgIpc) is 2.46. The summed E-state index contributed by atoms with van der Waals surface area (Å²) < 4.78 is 2.28. The number of anilines is 1. The van der Waals surface area contributed by atoms with Gasteiger partial charge in [0.05, 0.1) is 5.69 Å². The average molecular weight is 334 g/mol. The highest BCUT2D eigenvalue weighted by molar-refractivity contribution is 9.11. The summed E-state index contributed by atoms with van der Waals surface area (Å²) in [6.07, 6.45) is 1.21. The van der Waals surface area contributed by atoms with Gasteiger partial charge in [-0.15, -0.1) is 0 Å². The van der Waals surface area contributed by atoms with Crippen molar-refractivity contribution in [2.45, 2.75) is 6.42 Å². The van der Waals surface area contributed by atoms with Gasteiger partial charge in [0.25, 0.3) is 0 Å². The van der Waals surface area contributed by atoms with E-state index in [1.807, 2.05) is 0 Å². The molecule has 0 unspecified atom stereocenters. The van der Waals surface area contributed by atoms with Gasteiger partial charge < -0.3 is 10.2 Å². The van der Waals surface area contributed by atoms with Crippen LogP contribution in [0.3, 0.4) is 0 Å². The minimum atomic E-state index is 1.07. The highest BCUT2D eigenvalue weighted by Crippen LogP contribution is 2.29. The van der Waals surface area contributed by atoms with Crippen molar-refractivity contribution in [1.82, 2.24) is 5.32 Å². The fraction of sp³-hybridized carbons (Fsp3) is 0.455. The summed E-state index contributed by atoms with van der Waals surface area (Å²) in [5, 5.41) is 3.41. The quantitative estimate of drug-likeness (QED) is 0.849. The summed E-state index contributed by atoms with van der Waals surface area (Å²) in [6.45, 7) is 4.42. The predicted octanol–water partition coefficient (Wildman–Crippen LogP) is 3.01. The first-order valence-corrected chi connectivity index (χ1v) is 6.77. The fourth-order valence-electron chi connectivity index (χ4n) is 1.82. The monoisotopic (exact) mass is 332 g/mol. The van der Waals surface area contributed by atoms with E-state index in [1.165, 1.54) is 16.6 Å². The summed E-state index contributed by atoms with van der Waals surface area (Å²) in [5.41, 5.74) is 1.29. The third kappa shape index (κ3) is 2.95. The molecule has 1 aliphatic rings. The lowest BCUT2D eigenvalue weighted by atomic mass is 10.2. The third-order valence-electron chi connectivity index (χ3n) is 2.59. The molecule has 0 saturated carbocycles. The highest BCUT2D eigenvalue weighted by Gasteiger charge is 2.11. The molecule has 2 rings (SSSR count). The predicted molar refractivity (Wildman–Crippen MR) is 71.5 cm³/mol. The molecular weight excluding hydrogens is 320 g/mol. The van der Waals surface area contributed by atoms with Crippen LogP contribution >= 0.6 is 31.9 Å². The Balaban J connectivity index is 2.19. The SMILES string of the molecule is Brc1ccc(N2CCCNCC2)c(Br)c1. The molecule has 0 radical (unpaired) electrons. The van der Waals surface area contributed by atoms with Gasteiger partial charge >= 0.3 is 0 Å².